The zero-order chi connectivity index (χ0) is 12.6. The molecule has 0 fully saturated rings. The normalized spacial score (nSPS) is 15.1. The lowest BCUT2D eigenvalue weighted by Gasteiger charge is -2.31. The number of carbonyl (C=O) groups is 1. The molecule has 0 radical (unpaired) electrons. The summed E-state index contributed by atoms with van der Waals surface area (Å²) >= 11 is 0. The molecule has 0 rings (SSSR count). The van der Waals surface area contributed by atoms with Crippen LogP contribution in [0.25, 0.3) is 0 Å². The van der Waals surface area contributed by atoms with E-state index in [9.17, 15) is 9.90 Å². The molecule has 0 heterocycles. The number of unbranched alkanes of at least 4 members (excludes halogenated alkanes) is 1. The topological polar surface area (TPSA) is 55.8 Å². The van der Waals surface area contributed by atoms with E-state index in [1.165, 1.54) is 0 Å². The smallest absolute Gasteiger partial charge is 0.338 e. The zero-order valence-electron chi connectivity index (χ0n) is 10.8. The van der Waals surface area contributed by atoms with E-state index in [4.69, 9.17) is 8.85 Å². The van der Waals surface area contributed by atoms with E-state index in [1.54, 1.807) is 6.92 Å². The molecule has 0 aromatic carbocycles. The quantitative estimate of drug-likeness (QED) is 0.636. The van der Waals surface area contributed by atoms with E-state index in [1.807, 2.05) is 13.8 Å². The van der Waals surface area contributed by atoms with E-state index in [0.717, 1.165) is 12.8 Å². The number of hydrogen-bond donors (Lipinski definition) is 1. The van der Waals surface area contributed by atoms with Crippen molar-refractivity contribution >= 4 is 15.3 Å². The zero-order valence-corrected chi connectivity index (χ0v) is 11.9. The molecule has 0 saturated heterocycles. The van der Waals surface area contributed by atoms with Crippen molar-refractivity contribution in [3.05, 3.63) is 0 Å². The average Bonchev–Trinajstić information content (AvgIpc) is 2.25. The lowest BCUT2D eigenvalue weighted by atomic mass is 10.0. The molecule has 0 bridgehead atoms. The van der Waals surface area contributed by atoms with E-state index in [2.05, 4.69) is 6.92 Å². The second-order valence-corrected chi connectivity index (χ2v) is 6.67. The van der Waals surface area contributed by atoms with Gasteiger partial charge in [0.1, 0.15) is 5.04 Å². The number of carboxylic acid groups (broad SMARTS) is 1. The molecule has 0 aliphatic carbocycles. The van der Waals surface area contributed by atoms with Gasteiger partial charge >= 0.3 is 15.3 Å². The fourth-order valence-electron chi connectivity index (χ4n) is 1.59. The van der Waals surface area contributed by atoms with Gasteiger partial charge in [0.15, 0.2) is 0 Å². The molecule has 1 unspecified atom stereocenters. The minimum absolute atomic E-state index is 0.520. The lowest BCUT2D eigenvalue weighted by Crippen LogP contribution is -2.42. The molecule has 0 aliphatic heterocycles. The number of aliphatic carboxylic acids is 1. The van der Waals surface area contributed by atoms with Gasteiger partial charge in [-0.1, -0.05) is 19.8 Å². The van der Waals surface area contributed by atoms with Gasteiger partial charge < -0.3 is 14.0 Å². The first-order chi connectivity index (χ1) is 7.52. The summed E-state index contributed by atoms with van der Waals surface area (Å²) in [6.07, 6.45) is 2.52. The summed E-state index contributed by atoms with van der Waals surface area (Å²) in [6, 6.07) is 0. The van der Waals surface area contributed by atoms with Crippen molar-refractivity contribution in [2.24, 2.45) is 0 Å². The Labute approximate surface area is 99.8 Å². The Morgan fingerprint density at radius 3 is 2.06 bits per heavy atom. The van der Waals surface area contributed by atoms with Gasteiger partial charge in [0.25, 0.3) is 0 Å². The molecule has 0 aliphatic rings. The highest BCUT2D eigenvalue weighted by atomic mass is 28.3. The maximum absolute atomic E-state index is 11.4. The van der Waals surface area contributed by atoms with E-state index in [0.29, 0.717) is 19.6 Å². The van der Waals surface area contributed by atoms with Gasteiger partial charge in [-0.25, -0.2) is 0 Å². The number of carboxylic acids is 1. The first kappa shape index (κ1) is 15.6. The van der Waals surface area contributed by atoms with Gasteiger partial charge in [0.2, 0.25) is 0 Å². The summed E-state index contributed by atoms with van der Waals surface area (Å²) in [5.74, 6) is -0.792. The number of hydrogen-bond acceptors (Lipinski definition) is 3. The van der Waals surface area contributed by atoms with Crippen molar-refractivity contribution in [2.75, 3.05) is 13.2 Å². The second-order valence-electron chi connectivity index (χ2n) is 4.07. The Hall–Kier alpha value is -0.393. The van der Waals surface area contributed by atoms with Crippen LogP contribution in [0.5, 0.6) is 0 Å². The summed E-state index contributed by atoms with van der Waals surface area (Å²) in [5.41, 5.74) is 0. The van der Waals surface area contributed by atoms with Gasteiger partial charge in [-0.3, -0.25) is 4.79 Å². The highest BCUT2D eigenvalue weighted by Gasteiger charge is 2.45. The largest absolute Gasteiger partial charge is 0.481 e. The summed E-state index contributed by atoms with van der Waals surface area (Å²) in [5, 5.41) is 8.54. The predicted octanol–water partition coefficient (Wildman–Crippen LogP) is 2.32. The molecule has 0 aromatic rings. The summed E-state index contributed by atoms with van der Waals surface area (Å²) in [4.78, 5) is 11.4. The van der Waals surface area contributed by atoms with Crippen molar-refractivity contribution in [1.29, 1.82) is 0 Å². The molecule has 0 spiro atoms. The van der Waals surface area contributed by atoms with Crippen molar-refractivity contribution in [3.8, 4) is 0 Å². The standard InChI is InChI=1S/C11H24O4Si/c1-5-8-9-11(4,10(12)13)16(14-6-2)15-7-3/h16H,5-9H2,1-4H3,(H,12,13). The Balaban J connectivity index is 4.72. The van der Waals surface area contributed by atoms with Crippen molar-refractivity contribution in [3.63, 3.8) is 0 Å². The van der Waals surface area contributed by atoms with E-state index < -0.39 is 20.3 Å². The van der Waals surface area contributed by atoms with Crippen LogP contribution in [-0.4, -0.2) is 33.6 Å². The fraction of sp³-hybridized carbons (Fsp3) is 0.909. The molecular formula is C11H24O4Si. The first-order valence-electron chi connectivity index (χ1n) is 5.99. The summed E-state index contributed by atoms with van der Waals surface area (Å²) in [6.45, 7) is 8.60. The monoisotopic (exact) mass is 248 g/mol. The maximum Gasteiger partial charge on any atom is 0.338 e. The average molecular weight is 248 g/mol. The van der Waals surface area contributed by atoms with Crippen LogP contribution in [0.15, 0.2) is 0 Å². The van der Waals surface area contributed by atoms with Crippen LogP contribution in [0.1, 0.15) is 47.0 Å². The third kappa shape index (κ3) is 4.23. The van der Waals surface area contributed by atoms with Gasteiger partial charge in [0, 0.05) is 13.2 Å². The molecule has 0 aromatic heterocycles. The minimum Gasteiger partial charge on any atom is -0.481 e. The Kier molecular flexibility index (Phi) is 7.62. The minimum atomic E-state index is -2.15. The molecule has 0 amide bonds. The van der Waals surface area contributed by atoms with Gasteiger partial charge in [-0.05, 0) is 27.2 Å². The molecule has 0 saturated carbocycles. The third-order valence-electron chi connectivity index (χ3n) is 2.69. The highest BCUT2D eigenvalue weighted by molar-refractivity contribution is 6.54. The molecule has 4 nitrogen and oxygen atoms in total. The van der Waals surface area contributed by atoms with Crippen LogP contribution in [0, 0.1) is 0 Å². The van der Waals surface area contributed by atoms with Crippen molar-refractivity contribution in [1.82, 2.24) is 0 Å². The second kappa shape index (κ2) is 7.81. The molecule has 1 N–H and O–H groups in total. The Morgan fingerprint density at radius 2 is 1.75 bits per heavy atom. The predicted molar refractivity (Wildman–Crippen MR) is 65.9 cm³/mol. The number of rotatable bonds is 9. The molecule has 1 atom stereocenters. The first-order valence-corrected chi connectivity index (χ1v) is 7.51. The highest BCUT2D eigenvalue weighted by Crippen LogP contribution is 2.36. The van der Waals surface area contributed by atoms with Crippen LogP contribution in [0.3, 0.4) is 0 Å². The van der Waals surface area contributed by atoms with Crippen LogP contribution in [0.4, 0.5) is 0 Å². The molecular weight excluding hydrogens is 224 g/mol. The van der Waals surface area contributed by atoms with Crippen molar-refractivity contribution < 1.29 is 18.8 Å². The molecule has 5 heteroatoms. The maximum atomic E-state index is 11.4. The Morgan fingerprint density at radius 1 is 1.25 bits per heavy atom. The molecule has 16 heavy (non-hydrogen) atoms. The third-order valence-corrected chi connectivity index (χ3v) is 5.54. The van der Waals surface area contributed by atoms with Crippen LogP contribution >= 0.6 is 0 Å². The van der Waals surface area contributed by atoms with Crippen LogP contribution in [0.2, 0.25) is 5.04 Å². The Bertz CT molecular complexity index is 204. The van der Waals surface area contributed by atoms with Gasteiger partial charge in [0.05, 0.1) is 0 Å². The van der Waals surface area contributed by atoms with Gasteiger partial charge in [-0.15, -0.1) is 0 Å². The summed E-state index contributed by atoms with van der Waals surface area (Å²) < 4.78 is 11.1. The van der Waals surface area contributed by atoms with Crippen LogP contribution < -0.4 is 0 Å². The van der Waals surface area contributed by atoms with Crippen LogP contribution in [-0.2, 0) is 13.6 Å². The SMILES string of the molecule is CCCCC(C)(C(=O)O)[SiH](OCC)OCC. The fourth-order valence-corrected chi connectivity index (χ4v) is 3.67. The molecule has 96 valence electrons. The van der Waals surface area contributed by atoms with E-state index in [-0.39, 0.29) is 0 Å². The summed E-state index contributed by atoms with van der Waals surface area (Å²) in [7, 11) is -2.15. The van der Waals surface area contributed by atoms with Crippen molar-refractivity contribution in [2.45, 2.75) is 52.0 Å². The van der Waals surface area contributed by atoms with E-state index >= 15 is 0 Å². The lowest BCUT2D eigenvalue weighted by molar-refractivity contribution is -0.141. The van der Waals surface area contributed by atoms with Gasteiger partial charge in [-0.2, -0.15) is 0 Å².